The minimum absolute atomic E-state index is 0.167. The molecule has 0 spiro atoms. The molecule has 0 atom stereocenters. The Morgan fingerprint density at radius 3 is 2.68 bits per heavy atom. The van der Waals surface area contributed by atoms with E-state index in [0.29, 0.717) is 12.1 Å². The number of likely N-dealkylation sites (N-methyl/N-ethyl adjacent to an activating group) is 1. The van der Waals surface area contributed by atoms with Crippen LogP contribution < -0.4 is 20.6 Å². The number of amides is 2. The molecule has 0 aliphatic carbocycles. The number of nitrogens with zero attached hydrogens (tertiary/aromatic N) is 1. The van der Waals surface area contributed by atoms with Crippen LogP contribution in [0.2, 0.25) is 5.02 Å². The molecule has 1 aromatic carbocycles. The van der Waals surface area contributed by atoms with Crippen molar-refractivity contribution < 1.29 is 24.2 Å². The summed E-state index contributed by atoms with van der Waals surface area (Å²) < 4.78 is 4.89. The molecule has 0 unspecified atom stereocenters. The summed E-state index contributed by atoms with van der Waals surface area (Å²) in [6, 6.07) is 4.43. The lowest BCUT2D eigenvalue weighted by Crippen LogP contribution is -2.37. The molecule has 0 saturated carbocycles. The largest absolute Gasteiger partial charge is 0.546 e. The number of carbonyl (C=O) groups excluding carboxylic acids is 3. The second-order valence-electron chi connectivity index (χ2n) is 3.91. The van der Waals surface area contributed by atoms with Crippen molar-refractivity contribution in [3.63, 3.8) is 0 Å². The summed E-state index contributed by atoms with van der Waals surface area (Å²) in [5, 5.41) is 16.4. The smallest absolute Gasteiger partial charge is 0.329 e. The van der Waals surface area contributed by atoms with Gasteiger partial charge in [0, 0.05) is 6.54 Å². The van der Waals surface area contributed by atoms with E-state index in [9.17, 15) is 19.5 Å². The number of hydrazone groups is 1. The van der Waals surface area contributed by atoms with Crippen LogP contribution in [0.4, 0.5) is 0 Å². The van der Waals surface area contributed by atoms with Gasteiger partial charge in [0.05, 0.1) is 17.2 Å². The van der Waals surface area contributed by atoms with Gasteiger partial charge >= 0.3 is 11.8 Å². The predicted molar refractivity (Wildman–Crippen MR) is 76.4 cm³/mol. The van der Waals surface area contributed by atoms with Crippen molar-refractivity contribution in [1.29, 1.82) is 0 Å². The van der Waals surface area contributed by atoms with Gasteiger partial charge in [-0.1, -0.05) is 11.6 Å². The number of nitrogens with one attached hydrogen (secondary N) is 2. The fraction of sp³-hybridized carbons (Fsp3) is 0.231. The number of halogens is 1. The lowest BCUT2D eigenvalue weighted by atomic mass is 10.2. The maximum Gasteiger partial charge on any atom is 0.329 e. The Labute approximate surface area is 131 Å². The maximum absolute atomic E-state index is 11.2. The third kappa shape index (κ3) is 5.80. The van der Waals surface area contributed by atoms with Gasteiger partial charge in [-0.3, -0.25) is 9.59 Å². The van der Waals surface area contributed by atoms with E-state index in [4.69, 9.17) is 16.3 Å². The standard InChI is InChI=1S/C13H14ClN3O5/c1-2-15-12(20)13(21)17-16-6-8-3-4-10(9(14)5-8)22-7-11(18)19/h3-6H,2,7H2,1H3,(H,15,20)(H,17,21)(H,18,19)/p-1/b16-6-. The summed E-state index contributed by atoms with van der Waals surface area (Å²) in [4.78, 5) is 32.7. The number of carboxylic acid groups (broad SMARTS) is 1. The molecule has 1 rings (SSSR count). The summed E-state index contributed by atoms with van der Waals surface area (Å²) in [6.07, 6.45) is 1.27. The average Bonchev–Trinajstić information content (AvgIpc) is 2.46. The highest BCUT2D eigenvalue weighted by Crippen LogP contribution is 2.24. The van der Waals surface area contributed by atoms with E-state index in [1.807, 2.05) is 5.43 Å². The van der Waals surface area contributed by atoms with Crippen molar-refractivity contribution in [3.05, 3.63) is 28.8 Å². The lowest BCUT2D eigenvalue weighted by Gasteiger charge is -2.08. The summed E-state index contributed by atoms with van der Waals surface area (Å²) in [5.74, 6) is -2.87. The number of rotatable bonds is 6. The quantitative estimate of drug-likeness (QED) is 0.397. The fourth-order valence-electron chi connectivity index (χ4n) is 1.31. The molecule has 0 radical (unpaired) electrons. The van der Waals surface area contributed by atoms with E-state index >= 15 is 0 Å². The molecule has 2 N–H and O–H groups in total. The Hall–Kier alpha value is -2.61. The summed E-state index contributed by atoms with van der Waals surface area (Å²) in [6.45, 7) is 1.40. The third-order valence-electron chi connectivity index (χ3n) is 2.22. The number of hydrogen-bond donors (Lipinski definition) is 2. The molecule has 9 heteroatoms. The molecule has 1 aromatic rings. The summed E-state index contributed by atoms with van der Waals surface area (Å²) >= 11 is 5.89. The fourth-order valence-corrected chi connectivity index (χ4v) is 1.55. The van der Waals surface area contributed by atoms with Crippen LogP contribution in [0, 0.1) is 0 Å². The van der Waals surface area contributed by atoms with Crippen LogP contribution in [0.5, 0.6) is 5.75 Å². The number of hydrogen-bond acceptors (Lipinski definition) is 6. The second kappa shape index (κ2) is 8.63. The van der Waals surface area contributed by atoms with Crippen LogP contribution in [-0.2, 0) is 14.4 Å². The first-order valence-corrected chi connectivity index (χ1v) is 6.55. The monoisotopic (exact) mass is 326 g/mol. The van der Waals surface area contributed by atoms with Crippen LogP contribution in [0.3, 0.4) is 0 Å². The molecular weight excluding hydrogens is 314 g/mol. The SMILES string of the molecule is CCNC(=O)C(=O)N/N=C\c1ccc(OCC(=O)[O-])c(Cl)c1. The molecule has 0 aliphatic heterocycles. The molecule has 0 heterocycles. The van der Waals surface area contributed by atoms with E-state index in [-0.39, 0.29) is 10.8 Å². The van der Waals surface area contributed by atoms with Gasteiger partial charge in [-0.25, -0.2) is 5.43 Å². The lowest BCUT2D eigenvalue weighted by molar-refractivity contribution is -0.307. The van der Waals surface area contributed by atoms with Gasteiger partial charge in [-0.05, 0) is 30.7 Å². The minimum Gasteiger partial charge on any atom is -0.546 e. The first-order chi connectivity index (χ1) is 10.4. The van der Waals surface area contributed by atoms with Crippen molar-refractivity contribution in [2.24, 2.45) is 5.10 Å². The van der Waals surface area contributed by atoms with Crippen LogP contribution in [0.15, 0.2) is 23.3 Å². The summed E-state index contributed by atoms with van der Waals surface area (Å²) in [7, 11) is 0. The molecule has 22 heavy (non-hydrogen) atoms. The Balaban J connectivity index is 2.61. The van der Waals surface area contributed by atoms with Crippen molar-refractivity contribution in [1.82, 2.24) is 10.7 Å². The number of carboxylic acids is 1. The van der Waals surface area contributed by atoms with Crippen LogP contribution in [0.1, 0.15) is 12.5 Å². The molecule has 0 aliphatic rings. The molecule has 118 valence electrons. The highest BCUT2D eigenvalue weighted by Gasteiger charge is 2.10. The predicted octanol–water partition coefficient (Wildman–Crippen LogP) is -0.945. The first-order valence-electron chi connectivity index (χ1n) is 6.17. The van der Waals surface area contributed by atoms with Crippen molar-refractivity contribution in [3.8, 4) is 5.75 Å². The van der Waals surface area contributed by atoms with Crippen LogP contribution in [0.25, 0.3) is 0 Å². The molecule has 0 fully saturated rings. The average molecular weight is 327 g/mol. The highest BCUT2D eigenvalue weighted by molar-refractivity contribution is 6.35. The van der Waals surface area contributed by atoms with Crippen molar-refractivity contribution in [2.75, 3.05) is 13.2 Å². The maximum atomic E-state index is 11.2. The minimum atomic E-state index is -1.37. The van der Waals surface area contributed by atoms with Gasteiger partial charge in [0.15, 0.2) is 0 Å². The topological polar surface area (TPSA) is 120 Å². The molecule has 0 bridgehead atoms. The zero-order valence-corrected chi connectivity index (χ0v) is 12.3. The van der Waals surface area contributed by atoms with Gasteiger partial charge in [0.2, 0.25) is 0 Å². The number of ether oxygens (including phenoxy) is 1. The van der Waals surface area contributed by atoms with Gasteiger partial charge in [-0.15, -0.1) is 0 Å². The Kier molecular flexibility index (Phi) is 6.84. The molecule has 0 saturated heterocycles. The van der Waals surface area contributed by atoms with E-state index in [0.717, 1.165) is 0 Å². The van der Waals surface area contributed by atoms with Gasteiger partial charge in [0.25, 0.3) is 0 Å². The Morgan fingerprint density at radius 1 is 1.36 bits per heavy atom. The highest BCUT2D eigenvalue weighted by atomic mass is 35.5. The number of aliphatic carboxylic acids is 1. The normalized spacial score (nSPS) is 10.3. The number of benzene rings is 1. The van der Waals surface area contributed by atoms with Gasteiger partial charge in [-0.2, -0.15) is 5.10 Å². The molecule has 2 amide bonds. The zero-order chi connectivity index (χ0) is 16.5. The summed E-state index contributed by atoms with van der Waals surface area (Å²) in [5.41, 5.74) is 2.56. The van der Waals surface area contributed by atoms with E-state index in [1.165, 1.54) is 24.4 Å². The molecule has 8 nitrogen and oxygen atoms in total. The van der Waals surface area contributed by atoms with Gasteiger partial charge < -0.3 is 20.0 Å². The van der Waals surface area contributed by atoms with E-state index in [2.05, 4.69) is 10.4 Å². The molecular formula is C13H13ClN3O5-. The van der Waals surface area contributed by atoms with Crippen molar-refractivity contribution in [2.45, 2.75) is 6.92 Å². The van der Waals surface area contributed by atoms with Crippen molar-refractivity contribution >= 4 is 35.6 Å². The second-order valence-corrected chi connectivity index (χ2v) is 4.32. The zero-order valence-electron chi connectivity index (χ0n) is 11.6. The van der Waals surface area contributed by atoms with Crippen LogP contribution >= 0.6 is 11.6 Å². The van der Waals surface area contributed by atoms with E-state index in [1.54, 1.807) is 6.92 Å². The van der Waals surface area contributed by atoms with E-state index < -0.39 is 24.4 Å². The Morgan fingerprint density at radius 2 is 2.09 bits per heavy atom. The van der Waals surface area contributed by atoms with Gasteiger partial charge in [0.1, 0.15) is 12.4 Å². The first kappa shape index (κ1) is 17.4. The molecule has 0 aromatic heterocycles. The Bertz CT molecular complexity index is 603. The van der Waals surface area contributed by atoms with Crippen LogP contribution in [-0.4, -0.2) is 37.1 Å². The number of carbonyl (C=O) groups is 3. The third-order valence-corrected chi connectivity index (χ3v) is 2.52.